The summed E-state index contributed by atoms with van der Waals surface area (Å²) in [6.45, 7) is 3.93. The van der Waals surface area contributed by atoms with Crippen molar-refractivity contribution in [2.45, 2.75) is 57.8 Å². The number of rotatable bonds is 4. The van der Waals surface area contributed by atoms with Crippen molar-refractivity contribution < 1.29 is 0 Å². The van der Waals surface area contributed by atoms with Crippen LogP contribution in [0.5, 0.6) is 0 Å². The van der Waals surface area contributed by atoms with Gasteiger partial charge >= 0.3 is 0 Å². The van der Waals surface area contributed by atoms with E-state index < -0.39 is 0 Å². The van der Waals surface area contributed by atoms with Crippen LogP contribution in [0.15, 0.2) is 55.1 Å². The monoisotopic (exact) mass is 581 g/mol. The smallest absolute Gasteiger partial charge is 0.280 e. The molecule has 6 heteroatoms. The number of aromatic amines is 1. The number of hydrogen-bond acceptors (Lipinski definition) is 2. The Hall–Kier alpha value is -1.92. The number of nitrogens with one attached hydrogen (secondary N) is 1. The average Bonchev–Trinajstić information content (AvgIpc) is 3.07. The fraction of sp³-hybridized carbons (Fsp3) is 0.429. The van der Waals surface area contributed by atoms with Gasteiger partial charge in [0.25, 0.3) is 5.56 Å². The summed E-state index contributed by atoms with van der Waals surface area (Å²) in [5, 5.41) is 3.20. The Morgan fingerprint density at radius 1 is 0.971 bits per heavy atom. The summed E-state index contributed by atoms with van der Waals surface area (Å²) in [4.78, 5) is 17.8. The molecule has 34 heavy (non-hydrogen) atoms. The maximum Gasteiger partial charge on any atom is 0.280 e. The second-order valence-corrected chi connectivity index (χ2v) is 12.6. The molecule has 0 atom stereocenters. The summed E-state index contributed by atoms with van der Waals surface area (Å²) < 4.78 is 3.62. The normalized spacial score (nSPS) is 27.7. The minimum Gasteiger partial charge on any atom is -0.295 e. The summed E-state index contributed by atoms with van der Waals surface area (Å²) >= 11 is 7.31. The van der Waals surface area contributed by atoms with Gasteiger partial charge in [-0.2, -0.15) is 0 Å². The molecule has 0 radical (unpaired) electrons. The van der Waals surface area contributed by atoms with Crippen molar-refractivity contribution in [1.29, 1.82) is 0 Å². The first kappa shape index (κ1) is 22.5. The van der Waals surface area contributed by atoms with Crippen LogP contribution in [0.4, 0.5) is 5.69 Å². The maximum atomic E-state index is 13.1. The Balaban J connectivity index is 1.28. The minimum absolute atomic E-state index is 0.0933. The molecule has 0 aliphatic heterocycles. The largest absolute Gasteiger partial charge is 0.295 e. The Morgan fingerprint density at radius 2 is 1.65 bits per heavy atom. The van der Waals surface area contributed by atoms with Crippen LogP contribution < -0.4 is 5.56 Å². The van der Waals surface area contributed by atoms with E-state index in [1.165, 1.54) is 44.1 Å². The highest BCUT2D eigenvalue weighted by Crippen LogP contribution is 2.61. The lowest BCUT2D eigenvalue weighted by atomic mass is 9.48. The topological polar surface area (TPSA) is 50.1 Å². The predicted molar refractivity (Wildman–Crippen MR) is 145 cm³/mol. The highest BCUT2D eigenvalue weighted by atomic mass is 79.9. The third kappa shape index (κ3) is 3.78. The van der Waals surface area contributed by atoms with E-state index in [-0.39, 0.29) is 5.56 Å². The molecule has 4 saturated carbocycles. The molecule has 4 fully saturated rings. The van der Waals surface area contributed by atoms with Gasteiger partial charge < -0.3 is 0 Å². The molecule has 176 valence electrons. The molecule has 1 aromatic heterocycles. The minimum atomic E-state index is -0.0933. The van der Waals surface area contributed by atoms with Gasteiger partial charge in [-0.15, -0.1) is 0 Å². The van der Waals surface area contributed by atoms with Crippen molar-refractivity contribution >= 4 is 43.8 Å². The molecular formula is C28H29Br2N3O. The standard InChI is InChI=1S/C28H29Br2N3O/c1-16-7-22(4-5-24(16)29)33-27(34)23(17(2)32-33)15-31-26-6-3-21(11-25(26)30)28-12-18-8-19(13-28)10-20(9-18)14-28/h3-7,11,15,18-20,32H,8-10,12-14H2,1-2H3. The van der Waals surface area contributed by atoms with Crippen molar-refractivity contribution in [3.63, 3.8) is 0 Å². The molecule has 0 saturated heterocycles. The third-order valence-electron chi connectivity index (χ3n) is 8.45. The molecule has 3 aromatic rings. The van der Waals surface area contributed by atoms with Gasteiger partial charge in [0.15, 0.2) is 0 Å². The van der Waals surface area contributed by atoms with Gasteiger partial charge in [-0.1, -0.05) is 22.0 Å². The molecule has 4 nitrogen and oxygen atoms in total. The molecule has 0 spiro atoms. The molecule has 2 aromatic carbocycles. The van der Waals surface area contributed by atoms with Crippen LogP contribution in [0.25, 0.3) is 5.69 Å². The third-order valence-corrected chi connectivity index (χ3v) is 9.97. The fourth-order valence-electron chi connectivity index (χ4n) is 7.20. The van der Waals surface area contributed by atoms with Gasteiger partial charge in [0.2, 0.25) is 0 Å². The molecular weight excluding hydrogens is 554 g/mol. The first-order valence-corrected chi connectivity index (χ1v) is 13.8. The zero-order valence-corrected chi connectivity index (χ0v) is 22.7. The molecule has 1 N–H and O–H groups in total. The Morgan fingerprint density at radius 3 is 2.26 bits per heavy atom. The Bertz CT molecular complexity index is 1330. The lowest BCUT2D eigenvalue weighted by Crippen LogP contribution is -2.48. The summed E-state index contributed by atoms with van der Waals surface area (Å²) in [5.41, 5.74) is 5.89. The number of halogens is 2. The fourth-order valence-corrected chi connectivity index (χ4v) is 7.93. The molecule has 7 rings (SSSR count). The van der Waals surface area contributed by atoms with E-state index in [0.29, 0.717) is 11.0 Å². The molecule has 0 amide bonds. The number of H-pyrrole nitrogens is 1. The van der Waals surface area contributed by atoms with Gasteiger partial charge in [0, 0.05) is 20.9 Å². The average molecular weight is 583 g/mol. The summed E-state index contributed by atoms with van der Waals surface area (Å²) in [5.74, 6) is 2.78. The van der Waals surface area contributed by atoms with E-state index in [0.717, 1.165) is 49.3 Å². The number of aromatic nitrogens is 2. The van der Waals surface area contributed by atoms with Crippen LogP contribution in [0.3, 0.4) is 0 Å². The van der Waals surface area contributed by atoms with Crippen LogP contribution in [-0.4, -0.2) is 16.0 Å². The van der Waals surface area contributed by atoms with Gasteiger partial charge in [-0.25, -0.2) is 4.68 Å². The molecule has 4 bridgehead atoms. The summed E-state index contributed by atoms with van der Waals surface area (Å²) in [6, 6.07) is 12.6. The number of aryl methyl sites for hydroxylation is 2. The van der Waals surface area contributed by atoms with Crippen molar-refractivity contribution in [3.8, 4) is 5.69 Å². The lowest BCUT2D eigenvalue weighted by Gasteiger charge is -2.57. The Kier molecular flexibility index (Phi) is 5.53. The van der Waals surface area contributed by atoms with Crippen molar-refractivity contribution in [1.82, 2.24) is 9.78 Å². The quantitative estimate of drug-likeness (QED) is 0.318. The van der Waals surface area contributed by atoms with Crippen molar-refractivity contribution in [2.24, 2.45) is 22.7 Å². The second kappa shape index (κ2) is 8.34. The first-order valence-electron chi connectivity index (χ1n) is 12.2. The zero-order chi connectivity index (χ0) is 23.6. The molecule has 0 unspecified atom stereocenters. The van der Waals surface area contributed by atoms with E-state index in [2.05, 4.69) is 55.2 Å². The van der Waals surface area contributed by atoms with Crippen LogP contribution in [-0.2, 0) is 5.41 Å². The van der Waals surface area contributed by atoms with Crippen molar-refractivity contribution in [3.05, 3.63) is 78.1 Å². The van der Waals surface area contributed by atoms with Gasteiger partial charge in [-0.3, -0.25) is 14.9 Å². The van der Waals surface area contributed by atoms with E-state index in [1.54, 1.807) is 10.9 Å². The van der Waals surface area contributed by atoms with Gasteiger partial charge in [-0.05, 0) is 133 Å². The van der Waals surface area contributed by atoms with E-state index >= 15 is 0 Å². The van der Waals surface area contributed by atoms with Crippen molar-refractivity contribution in [2.75, 3.05) is 0 Å². The summed E-state index contributed by atoms with van der Waals surface area (Å²) in [7, 11) is 0. The Labute approximate surface area is 217 Å². The van der Waals surface area contributed by atoms with Gasteiger partial charge in [0.1, 0.15) is 0 Å². The SMILES string of the molecule is Cc1cc(-n2[nH]c(C)c(C=Nc3ccc(C45CC6CC(CC(C6)C4)C5)cc3Br)c2=O)ccc1Br. The number of aliphatic imine (C=N–C) groups is 1. The van der Waals surface area contributed by atoms with E-state index in [9.17, 15) is 4.79 Å². The molecule has 4 aliphatic carbocycles. The van der Waals surface area contributed by atoms with E-state index in [1.807, 2.05) is 32.0 Å². The lowest BCUT2D eigenvalue weighted by molar-refractivity contribution is -0.00520. The number of benzene rings is 2. The highest BCUT2D eigenvalue weighted by molar-refractivity contribution is 9.10. The van der Waals surface area contributed by atoms with Crippen LogP contribution in [0.2, 0.25) is 0 Å². The zero-order valence-electron chi connectivity index (χ0n) is 19.6. The number of hydrogen-bond donors (Lipinski definition) is 1. The molecule has 4 aliphatic rings. The van der Waals surface area contributed by atoms with Crippen LogP contribution in [0.1, 0.15) is 60.9 Å². The van der Waals surface area contributed by atoms with Crippen LogP contribution in [0, 0.1) is 31.6 Å². The maximum absolute atomic E-state index is 13.1. The van der Waals surface area contributed by atoms with Crippen LogP contribution >= 0.6 is 31.9 Å². The van der Waals surface area contributed by atoms with Gasteiger partial charge in [0.05, 0.1) is 16.9 Å². The summed E-state index contributed by atoms with van der Waals surface area (Å²) in [6.07, 6.45) is 10.1. The second-order valence-electron chi connectivity index (χ2n) is 10.8. The molecule has 1 heterocycles. The van der Waals surface area contributed by atoms with E-state index in [4.69, 9.17) is 4.99 Å². The number of nitrogens with zero attached hydrogens (tertiary/aromatic N) is 2. The first-order chi connectivity index (χ1) is 16.3. The highest BCUT2D eigenvalue weighted by Gasteiger charge is 2.51. The predicted octanol–water partition coefficient (Wildman–Crippen LogP) is 7.53.